The van der Waals surface area contributed by atoms with E-state index >= 15 is 0 Å². The number of aryl methyl sites for hydroxylation is 1. The van der Waals surface area contributed by atoms with Crippen LogP contribution in [0.1, 0.15) is 21.1 Å². The first kappa shape index (κ1) is 12.7. The van der Waals surface area contributed by atoms with Gasteiger partial charge in [-0.15, -0.1) is 11.3 Å². The van der Waals surface area contributed by atoms with Crippen LogP contribution in [0.3, 0.4) is 0 Å². The number of carbonyl (C=O) groups excluding carboxylic acids is 1. The highest BCUT2D eigenvalue weighted by Gasteiger charge is 2.11. The number of amides is 1. The van der Waals surface area contributed by atoms with Gasteiger partial charge in [-0.25, -0.2) is 0 Å². The molecule has 0 radical (unpaired) electrons. The van der Waals surface area contributed by atoms with Gasteiger partial charge in [-0.2, -0.15) is 0 Å². The number of carbonyl (C=O) groups is 1. The number of aromatic nitrogens is 1. The highest BCUT2D eigenvalue weighted by atomic mass is 32.1. The van der Waals surface area contributed by atoms with Gasteiger partial charge in [-0.05, 0) is 30.0 Å². The summed E-state index contributed by atoms with van der Waals surface area (Å²) in [6, 6.07) is 5.55. The maximum atomic E-state index is 11.8. The van der Waals surface area contributed by atoms with Gasteiger partial charge in [-0.3, -0.25) is 4.79 Å². The number of furan rings is 1. The van der Waals surface area contributed by atoms with Gasteiger partial charge in [-0.1, -0.05) is 5.16 Å². The third-order valence-electron chi connectivity index (χ3n) is 2.79. The predicted molar refractivity (Wildman–Crippen MR) is 74.4 cm³/mol. The SMILES string of the molecule is Cc1cc(C(=O)NCc2cc(-c3ccoc3)cs2)no1. The van der Waals surface area contributed by atoms with Crippen molar-refractivity contribution in [2.75, 3.05) is 0 Å². The largest absolute Gasteiger partial charge is 0.472 e. The zero-order valence-electron chi connectivity index (χ0n) is 10.8. The van der Waals surface area contributed by atoms with Crippen LogP contribution in [0.2, 0.25) is 0 Å². The lowest BCUT2D eigenvalue weighted by Gasteiger charge is -1.99. The Hall–Kier alpha value is -2.34. The second-order valence-electron chi connectivity index (χ2n) is 4.32. The Bertz CT molecular complexity index is 712. The van der Waals surface area contributed by atoms with Gasteiger partial charge >= 0.3 is 0 Å². The maximum absolute atomic E-state index is 11.8. The van der Waals surface area contributed by atoms with E-state index in [0.717, 1.165) is 16.0 Å². The zero-order chi connectivity index (χ0) is 13.9. The average Bonchev–Trinajstić information content (AvgIpc) is 3.16. The molecular formula is C14H12N2O3S. The van der Waals surface area contributed by atoms with E-state index in [0.29, 0.717) is 18.0 Å². The lowest BCUT2D eigenvalue weighted by atomic mass is 10.2. The fourth-order valence-corrected chi connectivity index (χ4v) is 2.62. The molecule has 5 nitrogen and oxygen atoms in total. The molecule has 0 saturated heterocycles. The van der Waals surface area contributed by atoms with Crippen LogP contribution >= 0.6 is 11.3 Å². The van der Waals surface area contributed by atoms with Crippen molar-refractivity contribution in [3.63, 3.8) is 0 Å². The number of hydrogen-bond acceptors (Lipinski definition) is 5. The molecule has 3 rings (SSSR count). The zero-order valence-corrected chi connectivity index (χ0v) is 11.6. The molecule has 1 amide bonds. The third kappa shape index (κ3) is 2.65. The Kier molecular flexibility index (Phi) is 3.39. The van der Waals surface area contributed by atoms with E-state index in [1.807, 2.05) is 17.5 Å². The van der Waals surface area contributed by atoms with E-state index < -0.39 is 0 Å². The van der Waals surface area contributed by atoms with Crippen LogP contribution < -0.4 is 5.32 Å². The van der Waals surface area contributed by atoms with Crippen LogP contribution in [-0.4, -0.2) is 11.1 Å². The molecule has 6 heteroatoms. The van der Waals surface area contributed by atoms with Crippen molar-refractivity contribution in [2.45, 2.75) is 13.5 Å². The fraction of sp³-hybridized carbons (Fsp3) is 0.143. The van der Waals surface area contributed by atoms with Gasteiger partial charge in [0.15, 0.2) is 5.69 Å². The molecule has 0 fully saturated rings. The van der Waals surface area contributed by atoms with Crippen LogP contribution in [0.5, 0.6) is 0 Å². The summed E-state index contributed by atoms with van der Waals surface area (Å²) in [6.07, 6.45) is 3.34. The lowest BCUT2D eigenvalue weighted by Crippen LogP contribution is -2.22. The maximum Gasteiger partial charge on any atom is 0.273 e. The van der Waals surface area contributed by atoms with Crippen molar-refractivity contribution in [3.8, 4) is 11.1 Å². The van der Waals surface area contributed by atoms with E-state index in [9.17, 15) is 4.79 Å². The summed E-state index contributed by atoms with van der Waals surface area (Å²) in [7, 11) is 0. The summed E-state index contributed by atoms with van der Waals surface area (Å²) < 4.78 is 9.92. The molecule has 20 heavy (non-hydrogen) atoms. The van der Waals surface area contributed by atoms with Crippen LogP contribution in [0.4, 0.5) is 0 Å². The Balaban J connectivity index is 1.63. The van der Waals surface area contributed by atoms with E-state index in [1.54, 1.807) is 36.9 Å². The first-order valence-electron chi connectivity index (χ1n) is 6.04. The van der Waals surface area contributed by atoms with Crippen molar-refractivity contribution < 1.29 is 13.7 Å². The van der Waals surface area contributed by atoms with E-state index in [2.05, 4.69) is 10.5 Å². The van der Waals surface area contributed by atoms with E-state index in [1.165, 1.54) is 0 Å². The number of thiophene rings is 1. The average molecular weight is 288 g/mol. The number of rotatable bonds is 4. The predicted octanol–water partition coefficient (Wildman–Crippen LogP) is 3.23. The molecule has 3 aromatic heterocycles. The highest BCUT2D eigenvalue weighted by molar-refractivity contribution is 7.10. The third-order valence-corrected chi connectivity index (χ3v) is 3.73. The standard InChI is InChI=1S/C14H12N2O3S/c1-9-4-13(16-19-9)14(17)15-6-12-5-11(8-20-12)10-2-3-18-7-10/h2-5,7-8H,6H2,1H3,(H,15,17). The normalized spacial score (nSPS) is 10.7. The van der Waals surface area contributed by atoms with Crippen molar-refractivity contribution in [3.05, 3.63) is 52.4 Å². The molecule has 0 aliphatic carbocycles. The fourth-order valence-electron chi connectivity index (χ4n) is 1.78. The monoisotopic (exact) mass is 288 g/mol. The number of nitrogens with one attached hydrogen (secondary N) is 1. The van der Waals surface area contributed by atoms with Gasteiger partial charge in [0.1, 0.15) is 5.76 Å². The summed E-state index contributed by atoms with van der Waals surface area (Å²) in [5.74, 6) is 0.383. The molecule has 3 heterocycles. The smallest absolute Gasteiger partial charge is 0.273 e. The topological polar surface area (TPSA) is 68.3 Å². The second-order valence-corrected chi connectivity index (χ2v) is 5.31. The lowest BCUT2D eigenvalue weighted by molar-refractivity contribution is 0.0942. The van der Waals surface area contributed by atoms with Crippen LogP contribution in [0.25, 0.3) is 11.1 Å². The van der Waals surface area contributed by atoms with Crippen molar-refractivity contribution >= 4 is 17.2 Å². The molecule has 0 bridgehead atoms. The first-order valence-corrected chi connectivity index (χ1v) is 6.92. The van der Waals surface area contributed by atoms with Crippen LogP contribution in [0.15, 0.2) is 45.0 Å². The Labute approximate surface area is 119 Å². The molecule has 0 aliphatic heterocycles. The molecule has 0 aromatic carbocycles. The number of hydrogen-bond donors (Lipinski definition) is 1. The minimum atomic E-state index is -0.236. The summed E-state index contributed by atoms with van der Waals surface area (Å²) in [5.41, 5.74) is 2.42. The molecular weight excluding hydrogens is 276 g/mol. The second kappa shape index (κ2) is 5.34. The van der Waals surface area contributed by atoms with Gasteiger partial charge in [0, 0.05) is 16.5 Å². The van der Waals surface area contributed by atoms with Gasteiger partial charge < -0.3 is 14.3 Å². The van der Waals surface area contributed by atoms with Crippen molar-refractivity contribution in [2.24, 2.45) is 0 Å². The summed E-state index contributed by atoms with van der Waals surface area (Å²) in [4.78, 5) is 12.9. The van der Waals surface area contributed by atoms with Gasteiger partial charge in [0.05, 0.1) is 19.1 Å². The molecule has 0 saturated carbocycles. The van der Waals surface area contributed by atoms with Gasteiger partial charge in [0.2, 0.25) is 0 Å². The highest BCUT2D eigenvalue weighted by Crippen LogP contribution is 2.25. The number of nitrogens with zero attached hydrogens (tertiary/aromatic N) is 1. The quantitative estimate of drug-likeness (QED) is 0.800. The Morgan fingerprint density at radius 2 is 2.30 bits per heavy atom. The van der Waals surface area contributed by atoms with Crippen molar-refractivity contribution in [1.29, 1.82) is 0 Å². The summed E-state index contributed by atoms with van der Waals surface area (Å²) in [5, 5.41) is 8.52. The molecule has 3 aromatic rings. The summed E-state index contributed by atoms with van der Waals surface area (Å²) >= 11 is 1.59. The summed E-state index contributed by atoms with van der Waals surface area (Å²) in [6.45, 7) is 2.22. The first-order chi connectivity index (χ1) is 9.72. The van der Waals surface area contributed by atoms with E-state index in [-0.39, 0.29) is 5.91 Å². The van der Waals surface area contributed by atoms with Crippen LogP contribution in [-0.2, 0) is 6.54 Å². The van der Waals surface area contributed by atoms with E-state index in [4.69, 9.17) is 8.94 Å². The molecule has 0 unspecified atom stereocenters. The minimum absolute atomic E-state index is 0.236. The van der Waals surface area contributed by atoms with Crippen molar-refractivity contribution in [1.82, 2.24) is 10.5 Å². The Morgan fingerprint density at radius 1 is 1.40 bits per heavy atom. The molecule has 0 atom stereocenters. The molecule has 1 N–H and O–H groups in total. The molecule has 0 aliphatic rings. The van der Waals surface area contributed by atoms with Gasteiger partial charge in [0.25, 0.3) is 5.91 Å². The molecule has 102 valence electrons. The minimum Gasteiger partial charge on any atom is -0.472 e. The van der Waals surface area contributed by atoms with Crippen LogP contribution in [0, 0.1) is 6.92 Å². The molecule has 0 spiro atoms. The Morgan fingerprint density at radius 3 is 3.00 bits per heavy atom.